The number of hydrogen-bond donors (Lipinski definition) is 1. The molecule has 2 heterocycles. The normalized spacial score (nSPS) is 11.4. The van der Waals surface area contributed by atoms with Crippen LogP contribution in [-0.4, -0.2) is 26.2 Å². The minimum absolute atomic E-state index is 0.448. The molecule has 0 bridgehead atoms. The number of halogens is 2. The third-order valence-electron chi connectivity index (χ3n) is 4.04. The average molecular weight is 397 g/mol. The van der Waals surface area contributed by atoms with Crippen molar-refractivity contribution in [1.82, 2.24) is 20.0 Å². The largest absolute Gasteiger partial charge is 0.259 e. The standard InChI is InChI=1S/C19H14Cl2N6/c1-12-17(18(21)27(26-12)15-7-4-6-14(20)9-15)11-23-25-19-16-8-3-2-5-13(16)10-22-24-19/h2-11H,1H3,(H,24,25). The zero-order valence-electron chi connectivity index (χ0n) is 14.3. The van der Waals surface area contributed by atoms with Gasteiger partial charge >= 0.3 is 0 Å². The quantitative estimate of drug-likeness (QED) is 0.394. The fourth-order valence-electron chi connectivity index (χ4n) is 2.71. The van der Waals surface area contributed by atoms with Crippen LogP contribution in [0.1, 0.15) is 11.3 Å². The van der Waals surface area contributed by atoms with Gasteiger partial charge in [-0.2, -0.15) is 15.3 Å². The number of anilines is 1. The van der Waals surface area contributed by atoms with E-state index in [-0.39, 0.29) is 0 Å². The number of rotatable bonds is 4. The SMILES string of the molecule is Cc1nn(-c2cccc(Cl)c2)c(Cl)c1C=NNc1nncc2ccccc12. The Balaban J connectivity index is 1.63. The predicted octanol–water partition coefficient (Wildman–Crippen LogP) is 4.88. The summed E-state index contributed by atoms with van der Waals surface area (Å²) in [5, 5.41) is 19.8. The van der Waals surface area contributed by atoms with Gasteiger partial charge in [-0.05, 0) is 25.1 Å². The monoisotopic (exact) mass is 396 g/mol. The van der Waals surface area contributed by atoms with E-state index in [1.807, 2.05) is 43.3 Å². The number of nitrogens with zero attached hydrogens (tertiary/aromatic N) is 5. The van der Waals surface area contributed by atoms with Gasteiger partial charge in [-0.3, -0.25) is 5.43 Å². The Morgan fingerprint density at radius 3 is 2.81 bits per heavy atom. The lowest BCUT2D eigenvalue weighted by atomic mass is 10.2. The van der Waals surface area contributed by atoms with Crippen LogP contribution in [0.3, 0.4) is 0 Å². The molecular weight excluding hydrogens is 383 g/mol. The molecule has 1 N–H and O–H groups in total. The first-order valence-corrected chi connectivity index (χ1v) is 8.89. The van der Waals surface area contributed by atoms with Gasteiger partial charge in [0.1, 0.15) is 5.15 Å². The molecule has 0 saturated heterocycles. The van der Waals surface area contributed by atoms with Crippen LogP contribution in [0, 0.1) is 6.92 Å². The number of fused-ring (bicyclic) bond motifs is 1. The molecule has 0 spiro atoms. The lowest BCUT2D eigenvalue weighted by molar-refractivity contribution is 0.863. The van der Waals surface area contributed by atoms with Gasteiger partial charge in [-0.15, -0.1) is 5.10 Å². The number of hydrogen-bond acceptors (Lipinski definition) is 5. The van der Waals surface area contributed by atoms with Crippen LogP contribution >= 0.6 is 23.2 Å². The maximum atomic E-state index is 6.50. The molecular formula is C19H14Cl2N6. The van der Waals surface area contributed by atoms with Crippen molar-refractivity contribution in [3.05, 3.63) is 76.2 Å². The molecule has 27 heavy (non-hydrogen) atoms. The van der Waals surface area contributed by atoms with E-state index in [0.29, 0.717) is 21.6 Å². The minimum atomic E-state index is 0.448. The first-order chi connectivity index (χ1) is 13.1. The van der Waals surface area contributed by atoms with Crippen LogP contribution in [0.15, 0.2) is 59.8 Å². The van der Waals surface area contributed by atoms with Crippen LogP contribution in [0.25, 0.3) is 16.5 Å². The summed E-state index contributed by atoms with van der Waals surface area (Å²) in [7, 11) is 0. The number of benzene rings is 2. The summed E-state index contributed by atoms with van der Waals surface area (Å²) in [6.07, 6.45) is 3.33. The molecule has 0 unspecified atom stereocenters. The number of aromatic nitrogens is 4. The number of hydrazone groups is 1. The van der Waals surface area contributed by atoms with E-state index in [4.69, 9.17) is 23.2 Å². The molecule has 2 aromatic carbocycles. The van der Waals surface area contributed by atoms with Gasteiger partial charge < -0.3 is 0 Å². The highest BCUT2D eigenvalue weighted by Crippen LogP contribution is 2.24. The van der Waals surface area contributed by atoms with Crippen molar-refractivity contribution in [2.24, 2.45) is 5.10 Å². The van der Waals surface area contributed by atoms with Crippen molar-refractivity contribution in [3.8, 4) is 5.69 Å². The van der Waals surface area contributed by atoms with Gasteiger partial charge in [-0.1, -0.05) is 53.5 Å². The Hall–Kier alpha value is -2.96. The maximum Gasteiger partial charge on any atom is 0.176 e. The van der Waals surface area contributed by atoms with E-state index in [0.717, 1.165) is 22.2 Å². The zero-order valence-corrected chi connectivity index (χ0v) is 15.8. The highest BCUT2D eigenvalue weighted by molar-refractivity contribution is 6.32. The molecule has 0 aliphatic heterocycles. The average Bonchev–Trinajstić information content (AvgIpc) is 2.96. The zero-order chi connectivity index (χ0) is 18.8. The van der Waals surface area contributed by atoms with Crippen molar-refractivity contribution >= 4 is 46.0 Å². The molecule has 0 saturated carbocycles. The molecule has 134 valence electrons. The van der Waals surface area contributed by atoms with Gasteiger partial charge in [0.25, 0.3) is 0 Å². The van der Waals surface area contributed by atoms with Crippen LogP contribution in [-0.2, 0) is 0 Å². The van der Waals surface area contributed by atoms with E-state index in [1.54, 1.807) is 29.2 Å². The van der Waals surface area contributed by atoms with Crippen LogP contribution in [0.2, 0.25) is 10.2 Å². The van der Waals surface area contributed by atoms with Gasteiger partial charge in [0.15, 0.2) is 5.82 Å². The van der Waals surface area contributed by atoms with Crippen molar-refractivity contribution < 1.29 is 0 Å². The number of aryl methyl sites for hydroxylation is 1. The Labute approximate surface area is 165 Å². The summed E-state index contributed by atoms with van der Waals surface area (Å²) in [6, 6.07) is 15.1. The molecule has 0 atom stereocenters. The highest BCUT2D eigenvalue weighted by Gasteiger charge is 2.13. The topological polar surface area (TPSA) is 68.0 Å². The van der Waals surface area contributed by atoms with Crippen molar-refractivity contribution in [1.29, 1.82) is 0 Å². The molecule has 6 nitrogen and oxygen atoms in total. The highest BCUT2D eigenvalue weighted by atomic mass is 35.5. The second-order valence-electron chi connectivity index (χ2n) is 5.83. The summed E-state index contributed by atoms with van der Waals surface area (Å²) in [6.45, 7) is 1.87. The molecule has 0 aliphatic rings. The first kappa shape index (κ1) is 17.5. The molecule has 2 aromatic heterocycles. The van der Waals surface area contributed by atoms with E-state index in [1.165, 1.54) is 0 Å². The first-order valence-electron chi connectivity index (χ1n) is 8.14. The van der Waals surface area contributed by atoms with E-state index < -0.39 is 0 Å². The summed E-state index contributed by atoms with van der Waals surface area (Å²) in [4.78, 5) is 0. The lowest BCUT2D eigenvalue weighted by Crippen LogP contribution is -1.97. The predicted molar refractivity (Wildman–Crippen MR) is 109 cm³/mol. The lowest BCUT2D eigenvalue weighted by Gasteiger charge is -2.04. The van der Waals surface area contributed by atoms with Crippen molar-refractivity contribution in [2.75, 3.05) is 5.43 Å². The van der Waals surface area contributed by atoms with Crippen LogP contribution < -0.4 is 5.43 Å². The second-order valence-corrected chi connectivity index (χ2v) is 6.63. The van der Waals surface area contributed by atoms with Gasteiger partial charge in [0.2, 0.25) is 0 Å². The summed E-state index contributed by atoms with van der Waals surface area (Å²) in [5.74, 6) is 0.570. The number of nitrogens with one attached hydrogen (secondary N) is 1. The second kappa shape index (κ2) is 7.34. The van der Waals surface area contributed by atoms with Crippen molar-refractivity contribution in [2.45, 2.75) is 6.92 Å². The fraction of sp³-hybridized carbons (Fsp3) is 0.0526. The van der Waals surface area contributed by atoms with E-state index >= 15 is 0 Å². The fourth-order valence-corrected chi connectivity index (χ4v) is 3.21. The molecule has 0 radical (unpaired) electrons. The van der Waals surface area contributed by atoms with Gasteiger partial charge in [-0.25, -0.2) is 4.68 Å². The Morgan fingerprint density at radius 1 is 1.11 bits per heavy atom. The molecule has 0 aliphatic carbocycles. The Kier molecular flexibility index (Phi) is 4.75. The summed E-state index contributed by atoms with van der Waals surface area (Å²) >= 11 is 12.6. The van der Waals surface area contributed by atoms with E-state index in [2.05, 4.69) is 25.8 Å². The smallest absolute Gasteiger partial charge is 0.176 e. The molecule has 0 amide bonds. The van der Waals surface area contributed by atoms with Crippen molar-refractivity contribution in [3.63, 3.8) is 0 Å². The maximum absolute atomic E-state index is 6.50. The van der Waals surface area contributed by atoms with Gasteiger partial charge in [0.05, 0.1) is 29.4 Å². The molecule has 8 heteroatoms. The molecule has 4 aromatic rings. The minimum Gasteiger partial charge on any atom is -0.259 e. The van der Waals surface area contributed by atoms with E-state index in [9.17, 15) is 0 Å². The van der Waals surface area contributed by atoms with Gasteiger partial charge in [0, 0.05) is 15.8 Å². The summed E-state index contributed by atoms with van der Waals surface area (Å²) in [5.41, 5.74) is 5.16. The molecule has 4 rings (SSSR count). The Morgan fingerprint density at radius 2 is 1.96 bits per heavy atom. The Bertz CT molecular complexity index is 1150. The van der Waals surface area contributed by atoms with Crippen LogP contribution in [0.4, 0.5) is 5.82 Å². The third-order valence-corrected chi connectivity index (χ3v) is 4.63. The third kappa shape index (κ3) is 3.49. The van der Waals surface area contributed by atoms with Crippen LogP contribution in [0.5, 0.6) is 0 Å². The molecule has 0 fully saturated rings. The summed E-state index contributed by atoms with van der Waals surface area (Å²) < 4.78 is 1.63.